The molecule has 0 bridgehead atoms. The van der Waals surface area contributed by atoms with Crippen molar-refractivity contribution >= 4 is 33.4 Å². The predicted octanol–water partition coefficient (Wildman–Crippen LogP) is 4.05. The van der Waals surface area contributed by atoms with Crippen LogP contribution >= 0.6 is 27.7 Å². The zero-order valence-electron chi connectivity index (χ0n) is 8.85. The molecule has 17 heavy (non-hydrogen) atoms. The van der Waals surface area contributed by atoms with Crippen molar-refractivity contribution in [3.63, 3.8) is 0 Å². The number of nitrogens with zero attached hydrogens (tertiary/aromatic N) is 1. The summed E-state index contributed by atoms with van der Waals surface area (Å²) in [5.74, 6) is 0. The first kappa shape index (κ1) is 12.0. The van der Waals surface area contributed by atoms with Crippen LogP contribution in [0, 0.1) is 11.3 Å². The highest BCUT2D eigenvalue weighted by Crippen LogP contribution is 2.31. The largest absolute Gasteiger partial charge is 0.398 e. The van der Waals surface area contributed by atoms with Gasteiger partial charge in [0.25, 0.3) is 0 Å². The van der Waals surface area contributed by atoms with Crippen LogP contribution in [0.1, 0.15) is 5.56 Å². The van der Waals surface area contributed by atoms with Crippen LogP contribution in [0.25, 0.3) is 0 Å². The van der Waals surface area contributed by atoms with Crippen molar-refractivity contribution < 1.29 is 0 Å². The van der Waals surface area contributed by atoms with Gasteiger partial charge >= 0.3 is 0 Å². The van der Waals surface area contributed by atoms with Crippen LogP contribution in [0.2, 0.25) is 0 Å². The molecule has 84 valence electrons. The lowest BCUT2D eigenvalue weighted by Gasteiger charge is -2.04. The first-order valence-electron chi connectivity index (χ1n) is 4.92. The van der Waals surface area contributed by atoms with Gasteiger partial charge in [0.1, 0.15) is 6.07 Å². The van der Waals surface area contributed by atoms with Crippen LogP contribution in [0.4, 0.5) is 5.69 Å². The number of halogens is 1. The van der Waals surface area contributed by atoms with Crippen molar-refractivity contribution in [3.05, 3.63) is 52.5 Å². The Bertz CT molecular complexity index is 590. The second-order valence-electron chi connectivity index (χ2n) is 3.42. The highest BCUT2D eigenvalue weighted by molar-refractivity contribution is 9.10. The molecule has 0 saturated carbocycles. The van der Waals surface area contributed by atoms with Gasteiger partial charge in [-0.3, -0.25) is 0 Å². The normalized spacial score (nSPS) is 9.88. The maximum atomic E-state index is 8.91. The summed E-state index contributed by atoms with van der Waals surface area (Å²) >= 11 is 5.03. The molecule has 0 spiro atoms. The summed E-state index contributed by atoms with van der Waals surface area (Å²) < 4.78 is 1.04. The maximum absolute atomic E-state index is 8.91. The molecule has 0 saturated heterocycles. The third kappa shape index (κ3) is 3.02. The van der Waals surface area contributed by atoms with Crippen molar-refractivity contribution in [2.45, 2.75) is 9.79 Å². The van der Waals surface area contributed by atoms with E-state index in [9.17, 15) is 0 Å². The van der Waals surface area contributed by atoms with Crippen molar-refractivity contribution in [2.75, 3.05) is 5.73 Å². The summed E-state index contributed by atoms with van der Waals surface area (Å²) in [7, 11) is 0. The van der Waals surface area contributed by atoms with E-state index in [1.165, 1.54) is 0 Å². The van der Waals surface area contributed by atoms with E-state index in [0.717, 1.165) is 14.3 Å². The smallest absolute Gasteiger partial charge is 0.101 e. The average molecular weight is 305 g/mol. The molecule has 0 fully saturated rings. The van der Waals surface area contributed by atoms with E-state index < -0.39 is 0 Å². The van der Waals surface area contributed by atoms with E-state index in [1.807, 2.05) is 30.3 Å². The Kier molecular flexibility index (Phi) is 3.72. The molecule has 4 heteroatoms. The van der Waals surface area contributed by atoms with E-state index in [2.05, 4.69) is 22.0 Å². The highest BCUT2D eigenvalue weighted by atomic mass is 79.9. The molecule has 2 aromatic carbocycles. The fourth-order valence-electron chi connectivity index (χ4n) is 1.36. The minimum atomic E-state index is 0.519. The van der Waals surface area contributed by atoms with Crippen molar-refractivity contribution in [1.29, 1.82) is 5.26 Å². The first-order valence-corrected chi connectivity index (χ1v) is 6.53. The molecule has 0 amide bonds. The van der Waals surface area contributed by atoms with Gasteiger partial charge in [-0.2, -0.15) is 5.26 Å². The van der Waals surface area contributed by atoms with Crippen LogP contribution in [0.5, 0.6) is 0 Å². The van der Waals surface area contributed by atoms with Gasteiger partial charge in [0.05, 0.1) is 5.56 Å². The lowest BCUT2D eigenvalue weighted by atomic mass is 10.2. The number of benzene rings is 2. The Labute approximate surface area is 113 Å². The number of anilines is 1. The Morgan fingerprint density at radius 1 is 1.12 bits per heavy atom. The topological polar surface area (TPSA) is 49.8 Å². The van der Waals surface area contributed by atoms with Gasteiger partial charge in [0, 0.05) is 20.0 Å². The predicted molar refractivity (Wildman–Crippen MR) is 73.8 cm³/mol. The molecule has 0 aliphatic heterocycles. The van der Waals surface area contributed by atoms with E-state index in [1.54, 1.807) is 23.9 Å². The summed E-state index contributed by atoms with van der Waals surface area (Å²) in [6.45, 7) is 0. The Morgan fingerprint density at radius 3 is 2.59 bits per heavy atom. The molecule has 0 atom stereocenters. The van der Waals surface area contributed by atoms with Crippen LogP contribution < -0.4 is 5.73 Å². The SMILES string of the molecule is N#Cc1cc(Sc2cccc(Br)c2)ccc1N. The maximum Gasteiger partial charge on any atom is 0.101 e. The molecule has 2 nitrogen and oxygen atoms in total. The summed E-state index contributed by atoms with van der Waals surface area (Å²) in [6, 6.07) is 15.6. The quantitative estimate of drug-likeness (QED) is 0.851. The number of rotatable bonds is 2. The number of nitrogens with two attached hydrogens (primary N) is 1. The molecule has 0 heterocycles. The number of nitriles is 1. The molecule has 2 N–H and O–H groups in total. The van der Waals surface area contributed by atoms with Crippen LogP contribution in [0.15, 0.2) is 56.7 Å². The van der Waals surface area contributed by atoms with E-state index in [4.69, 9.17) is 11.0 Å². The fraction of sp³-hybridized carbons (Fsp3) is 0. The molecule has 0 aliphatic rings. The van der Waals surface area contributed by atoms with Crippen molar-refractivity contribution in [3.8, 4) is 6.07 Å². The lowest BCUT2D eigenvalue weighted by molar-refractivity contribution is 1.37. The molecule has 0 aliphatic carbocycles. The summed E-state index contributed by atoms with van der Waals surface area (Å²) in [5.41, 5.74) is 6.72. The second kappa shape index (κ2) is 5.26. The van der Waals surface area contributed by atoms with Crippen LogP contribution in [-0.4, -0.2) is 0 Å². The zero-order valence-corrected chi connectivity index (χ0v) is 11.3. The third-order valence-corrected chi connectivity index (χ3v) is 3.65. The minimum absolute atomic E-state index is 0.519. The first-order chi connectivity index (χ1) is 8.19. The van der Waals surface area contributed by atoms with E-state index in [0.29, 0.717) is 11.3 Å². The summed E-state index contributed by atoms with van der Waals surface area (Å²) in [5, 5.41) is 8.91. The van der Waals surface area contributed by atoms with Gasteiger partial charge in [-0.15, -0.1) is 0 Å². The van der Waals surface area contributed by atoms with Gasteiger partial charge in [-0.25, -0.2) is 0 Å². The average Bonchev–Trinajstić information content (AvgIpc) is 2.32. The molecular weight excluding hydrogens is 296 g/mol. The molecule has 0 radical (unpaired) electrons. The molecule has 0 aromatic heterocycles. The Hall–Kier alpha value is -1.44. The standard InChI is InChI=1S/C13H9BrN2S/c14-10-2-1-3-11(7-10)17-12-4-5-13(16)9(6-12)8-15/h1-7H,16H2. The fourth-order valence-corrected chi connectivity index (χ4v) is 2.83. The van der Waals surface area contributed by atoms with Gasteiger partial charge in [-0.1, -0.05) is 33.8 Å². The highest BCUT2D eigenvalue weighted by Gasteiger charge is 2.02. The Morgan fingerprint density at radius 2 is 1.88 bits per heavy atom. The van der Waals surface area contributed by atoms with Crippen molar-refractivity contribution in [2.24, 2.45) is 0 Å². The lowest BCUT2D eigenvalue weighted by Crippen LogP contribution is -1.89. The monoisotopic (exact) mass is 304 g/mol. The van der Waals surface area contributed by atoms with Crippen LogP contribution in [-0.2, 0) is 0 Å². The van der Waals surface area contributed by atoms with Gasteiger partial charge in [0.15, 0.2) is 0 Å². The zero-order chi connectivity index (χ0) is 12.3. The van der Waals surface area contributed by atoms with Crippen molar-refractivity contribution in [1.82, 2.24) is 0 Å². The number of hydrogen-bond donors (Lipinski definition) is 1. The number of hydrogen-bond acceptors (Lipinski definition) is 3. The molecular formula is C13H9BrN2S. The van der Waals surface area contributed by atoms with Gasteiger partial charge in [-0.05, 0) is 36.4 Å². The van der Waals surface area contributed by atoms with Crippen LogP contribution in [0.3, 0.4) is 0 Å². The van der Waals surface area contributed by atoms with Gasteiger partial charge in [0.2, 0.25) is 0 Å². The molecule has 0 unspecified atom stereocenters. The minimum Gasteiger partial charge on any atom is -0.398 e. The summed E-state index contributed by atoms with van der Waals surface area (Å²) in [4.78, 5) is 2.13. The number of nitrogen functional groups attached to an aromatic ring is 1. The molecule has 2 rings (SSSR count). The third-order valence-electron chi connectivity index (χ3n) is 2.18. The second-order valence-corrected chi connectivity index (χ2v) is 5.48. The Balaban J connectivity index is 2.28. The summed E-state index contributed by atoms with van der Waals surface area (Å²) in [6.07, 6.45) is 0. The molecule has 2 aromatic rings. The van der Waals surface area contributed by atoms with E-state index >= 15 is 0 Å². The van der Waals surface area contributed by atoms with Gasteiger partial charge < -0.3 is 5.73 Å². The van der Waals surface area contributed by atoms with E-state index in [-0.39, 0.29) is 0 Å².